The molecule has 2 heterocycles. The maximum Gasteiger partial charge on any atom is 0.244 e. The van der Waals surface area contributed by atoms with Crippen LogP contribution in [-0.2, 0) is 27.7 Å². The fraction of sp³-hybridized carbons (Fsp3) is 0.400. The number of carbonyl (C=O) groups is 1. The number of hydrogen-bond donors (Lipinski definition) is 1. The Hall–Kier alpha value is -2.03. The highest BCUT2D eigenvalue weighted by Gasteiger charge is 2.34. The van der Waals surface area contributed by atoms with Crippen LogP contribution in [0.1, 0.15) is 30.4 Å². The Balaban J connectivity index is 1.50. The number of fused-ring (bicyclic) bond motifs is 2. The molecule has 1 N–H and O–H groups in total. The fourth-order valence-corrected chi connectivity index (χ4v) is 6.59. The molecule has 1 aliphatic carbocycles. The zero-order valence-electron chi connectivity index (χ0n) is 15.6. The van der Waals surface area contributed by atoms with E-state index >= 15 is 0 Å². The number of carbonyl (C=O) groups excluding carboxylic acids is 1. The number of nitrogens with zero attached hydrogens (tertiary/aromatic N) is 2. The lowest BCUT2D eigenvalue weighted by Gasteiger charge is -2.32. The Morgan fingerprint density at radius 1 is 1.25 bits per heavy atom. The molecule has 1 saturated heterocycles. The van der Waals surface area contributed by atoms with Gasteiger partial charge in [0.15, 0.2) is 5.13 Å². The van der Waals surface area contributed by atoms with Crippen LogP contribution in [0.5, 0.6) is 0 Å². The molecule has 2 aliphatic rings. The average molecular weight is 416 g/mol. The molecule has 1 amide bonds. The summed E-state index contributed by atoms with van der Waals surface area (Å²) in [6, 6.07) is 7.85. The van der Waals surface area contributed by atoms with Crippen molar-refractivity contribution >= 4 is 53.4 Å². The van der Waals surface area contributed by atoms with Crippen LogP contribution in [0.15, 0.2) is 24.3 Å². The van der Waals surface area contributed by atoms with E-state index in [1.807, 2.05) is 0 Å². The first-order valence-electron chi connectivity index (χ1n) is 9.53. The maximum absolute atomic E-state index is 12.8. The highest BCUT2D eigenvalue weighted by Crippen LogP contribution is 2.39. The van der Waals surface area contributed by atoms with Crippen molar-refractivity contribution in [2.45, 2.75) is 38.1 Å². The maximum atomic E-state index is 12.8. The fourth-order valence-electron chi connectivity index (χ4n) is 4.51. The summed E-state index contributed by atoms with van der Waals surface area (Å²) in [4.78, 5) is 17.5. The third kappa shape index (κ3) is 2.91. The monoisotopic (exact) mass is 415 g/mol. The summed E-state index contributed by atoms with van der Waals surface area (Å²) in [6.07, 6.45) is 5.45. The molecule has 0 saturated carbocycles. The van der Waals surface area contributed by atoms with Gasteiger partial charge in [0, 0.05) is 11.9 Å². The van der Waals surface area contributed by atoms with Crippen molar-refractivity contribution in [1.82, 2.24) is 9.29 Å². The molecule has 0 radical (unpaired) electrons. The number of aromatic nitrogens is 1. The lowest BCUT2D eigenvalue weighted by atomic mass is 10.0. The molecule has 0 bridgehead atoms. The van der Waals surface area contributed by atoms with Crippen molar-refractivity contribution in [2.24, 2.45) is 0 Å². The molecule has 1 fully saturated rings. The molecule has 0 spiro atoms. The third-order valence-corrected chi connectivity index (χ3v) is 7.97. The normalized spacial score (nSPS) is 20.1. The van der Waals surface area contributed by atoms with Gasteiger partial charge >= 0.3 is 0 Å². The van der Waals surface area contributed by atoms with Crippen molar-refractivity contribution in [2.75, 3.05) is 18.1 Å². The molecule has 146 valence electrons. The Labute approximate surface area is 167 Å². The first-order chi connectivity index (χ1) is 13.4. The molecule has 8 heteroatoms. The predicted octanol–water partition coefficient (Wildman–Crippen LogP) is 3.30. The van der Waals surface area contributed by atoms with Crippen molar-refractivity contribution in [3.8, 4) is 0 Å². The summed E-state index contributed by atoms with van der Waals surface area (Å²) in [5.74, 6) is -0.290. The molecule has 28 heavy (non-hydrogen) atoms. The molecule has 3 aromatic rings. The second-order valence-electron chi connectivity index (χ2n) is 7.62. The number of nitrogens with one attached hydrogen (secondary N) is 1. The first-order valence-corrected chi connectivity index (χ1v) is 12.2. The van der Waals surface area contributed by atoms with Crippen LogP contribution in [0.25, 0.3) is 21.0 Å². The standard InChI is InChI=1S/C20H21N3O3S2/c1-28(25,26)23-10-3-2-7-15(23)19(24)22-20-21-18-14-6-4-5-12-8-9-13(17(12)14)11-16(18)27-20/h4-6,11,15H,2-3,7-10H2,1H3,(H,21,22,24). The lowest BCUT2D eigenvalue weighted by molar-refractivity contribution is -0.120. The van der Waals surface area contributed by atoms with Crippen LogP contribution in [0.4, 0.5) is 5.13 Å². The van der Waals surface area contributed by atoms with Gasteiger partial charge in [-0.15, -0.1) is 0 Å². The number of piperidine rings is 1. The number of aryl methyl sites for hydroxylation is 2. The van der Waals surface area contributed by atoms with Crippen LogP contribution in [0.2, 0.25) is 0 Å². The largest absolute Gasteiger partial charge is 0.301 e. The molecule has 1 atom stereocenters. The van der Waals surface area contributed by atoms with Crippen LogP contribution in [-0.4, -0.2) is 42.5 Å². The summed E-state index contributed by atoms with van der Waals surface area (Å²) >= 11 is 1.45. The first kappa shape index (κ1) is 18.0. The van der Waals surface area contributed by atoms with Crippen LogP contribution in [0, 0.1) is 0 Å². The number of benzene rings is 2. The zero-order chi connectivity index (χ0) is 19.5. The number of sulfonamides is 1. The van der Waals surface area contributed by atoms with Crippen LogP contribution < -0.4 is 5.32 Å². The minimum Gasteiger partial charge on any atom is -0.301 e. The minimum absolute atomic E-state index is 0.290. The van der Waals surface area contributed by atoms with Gasteiger partial charge in [0.1, 0.15) is 6.04 Å². The second kappa shape index (κ2) is 6.50. The summed E-state index contributed by atoms with van der Waals surface area (Å²) in [5.41, 5.74) is 3.61. The zero-order valence-corrected chi connectivity index (χ0v) is 17.2. The minimum atomic E-state index is -3.41. The Kier molecular flexibility index (Phi) is 4.19. The van der Waals surface area contributed by atoms with E-state index in [9.17, 15) is 13.2 Å². The van der Waals surface area contributed by atoms with Crippen molar-refractivity contribution in [1.29, 1.82) is 0 Å². The summed E-state index contributed by atoms with van der Waals surface area (Å²) < 4.78 is 26.5. The Bertz CT molecular complexity index is 1220. The topological polar surface area (TPSA) is 79.4 Å². The van der Waals surface area contributed by atoms with E-state index in [2.05, 4.69) is 29.6 Å². The van der Waals surface area contributed by atoms with Gasteiger partial charge in [-0.3, -0.25) is 4.79 Å². The van der Waals surface area contributed by atoms with E-state index in [0.717, 1.165) is 41.3 Å². The molecule has 1 unspecified atom stereocenters. The Morgan fingerprint density at radius 3 is 2.89 bits per heavy atom. The van der Waals surface area contributed by atoms with Gasteiger partial charge in [-0.05, 0) is 48.3 Å². The number of rotatable bonds is 3. The lowest BCUT2D eigenvalue weighted by Crippen LogP contribution is -2.49. The SMILES string of the molecule is CS(=O)(=O)N1CCCCC1C(=O)Nc1nc2c(cc3c4c(cccc42)CC3)s1. The quantitative estimate of drug-likeness (QED) is 0.712. The number of thiazole rings is 1. The van der Waals surface area contributed by atoms with E-state index in [1.54, 1.807) is 0 Å². The van der Waals surface area contributed by atoms with E-state index < -0.39 is 16.1 Å². The van der Waals surface area contributed by atoms with E-state index in [4.69, 9.17) is 4.98 Å². The molecule has 6 nitrogen and oxygen atoms in total. The molecule has 1 aliphatic heterocycles. The summed E-state index contributed by atoms with van der Waals surface area (Å²) in [5, 5.41) is 5.85. The number of hydrogen-bond acceptors (Lipinski definition) is 5. The number of amides is 1. The van der Waals surface area contributed by atoms with Gasteiger partial charge in [0.25, 0.3) is 0 Å². The smallest absolute Gasteiger partial charge is 0.244 e. The summed E-state index contributed by atoms with van der Waals surface area (Å²) in [6.45, 7) is 0.396. The van der Waals surface area contributed by atoms with Gasteiger partial charge in [-0.25, -0.2) is 13.4 Å². The Morgan fingerprint density at radius 2 is 2.07 bits per heavy atom. The van der Waals surface area contributed by atoms with Crippen molar-refractivity contribution < 1.29 is 13.2 Å². The van der Waals surface area contributed by atoms with E-state index in [0.29, 0.717) is 18.1 Å². The molecule has 2 aromatic carbocycles. The highest BCUT2D eigenvalue weighted by molar-refractivity contribution is 7.88. The van der Waals surface area contributed by atoms with Crippen molar-refractivity contribution in [3.05, 3.63) is 35.4 Å². The molecular weight excluding hydrogens is 394 g/mol. The van der Waals surface area contributed by atoms with Gasteiger partial charge in [0.2, 0.25) is 15.9 Å². The van der Waals surface area contributed by atoms with Gasteiger partial charge < -0.3 is 5.32 Å². The molecule has 1 aromatic heterocycles. The van der Waals surface area contributed by atoms with Crippen LogP contribution in [0.3, 0.4) is 0 Å². The van der Waals surface area contributed by atoms with Gasteiger partial charge in [-0.2, -0.15) is 4.31 Å². The molecular formula is C20H21N3O3S2. The number of anilines is 1. The summed E-state index contributed by atoms with van der Waals surface area (Å²) in [7, 11) is -3.41. The van der Waals surface area contributed by atoms with E-state index in [1.165, 1.54) is 38.4 Å². The molecule has 5 rings (SSSR count). The van der Waals surface area contributed by atoms with Gasteiger partial charge in [0.05, 0.1) is 16.5 Å². The average Bonchev–Trinajstić information content (AvgIpc) is 3.26. The van der Waals surface area contributed by atoms with Crippen molar-refractivity contribution in [3.63, 3.8) is 0 Å². The third-order valence-electron chi connectivity index (χ3n) is 5.76. The van der Waals surface area contributed by atoms with Gasteiger partial charge in [-0.1, -0.05) is 36.0 Å². The van der Waals surface area contributed by atoms with Crippen LogP contribution >= 0.6 is 11.3 Å². The van der Waals surface area contributed by atoms with E-state index in [-0.39, 0.29) is 5.91 Å². The highest BCUT2D eigenvalue weighted by atomic mass is 32.2. The second-order valence-corrected chi connectivity index (χ2v) is 10.6. The predicted molar refractivity (Wildman–Crippen MR) is 112 cm³/mol.